The molecule has 0 saturated carbocycles. The van der Waals surface area contributed by atoms with Crippen LogP contribution in [0.15, 0.2) is 46.9 Å². The van der Waals surface area contributed by atoms with Crippen LogP contribution >= 0.6 is 0 Å². The van der Waals surface area contributed by atoms with Gasteiger partial charge in [-0.25, -0.2) is 4.39 Å². The normalized spacial score (nSPS) is 10.5. The fraction of sp³-hybridized carbons (Fsp3) is 0. The summed E-state index contributed by atoms with van der Waals surface area (Å²) in [7, 11) is 0. The van der Waals surface area contributed by atoms with E-state index >= 15 is 0 Å². The van der Waals surface area contributed by atoms with Crippen molar-refractivity contribution in [2.45, 2.75) is 0 Å². The van der Waals surface area contributed by atoms with Crippen LogP contribution in [0.3, 0.4) is 0 Å². The molecule has 0 N–H and O–H groups in total. The third-order valence-corrected chi connectivity index (χ3v) is 3.09. The van der Waals surface area contributed by atoms with Crippen molar-refractivity contribution in [3.63, 3.8) is 0 Å². The molecule has 0 bridgehead atoms. The maximum absolute atomic E-state index is 12.9. The molecule has 0 saturated heterocycles. The lowest BCUT2D eigenvalue weighted by atomic mass is 10.1. The molecule has 0 amide bonds. The number of non-ortho nitro benzene ring substituents is 2. The van der Waals surface area contributed by atoms with E-state index < -0.39 is 27.0 Å². The van der Waals surface area contributed by atoms with Gasteiger partial charge in [0.1, 0.15) is 5.82 Å². The van der Waals surface area contributed by atoms with Crippen molar-refractivity contribution in [3.8, 4) is 22.9 Å². The molecular formula is C14H7FN4O5. The average Bonchev–Trinajstić information content (AvgIpc) is 3.05. The smallest absolute Gasteiger partial charge is 0.277 e. The number of benzene rings is 2. The first-order valence-corrected chi connectivity index (χ1v) is 6.48. The van der Waals surface area contributed by atoms with Crippen LogP contribution in [0.25, 0.3) is 22.9 Å². The second-order valence-corrected chi connectivity index (χ2v) is 4.67. The van der Waals surface area contributed by atoms with Crippen molar-refractivity contribution in [1.82, 2.24) is 10.2 Å². The monoisotopic (exact) mass is 330 g/mol. The molecule has 0 aliphatic heterocycles. The zero-order valence-electron chi connectivity index (χ0n) is 11.7. The number of hydrogen-bond donors (Lipinski definition) is 0. The van der Waals surface area contributed by atoms with Gasteiger partial charge in [-0.2, -0.15) is 0 Å². The molecule has 3 aromatic rings. The number of aromatic nitrogens is 2. The Balaban J connectivity index is 2.04. The van der Waals surface area contributed by atoms with Gasteiger partial charge >= 0.3 is 0 Å². The van der Waals surface area contributed by atoms with E-state index in [2.05, 4.69) is 10.2 Å². The predicted octanol–water partition coefficient (Wildman–Crippen LogP) is 3.36. The van der Waals surface area contributed by atoms with Crippen LogP contribution in [0.5, 0.6) is 0 Å². The van der Waals surface area contributed by atoms with Gasteiger partial charge < -0.3 is 4.42 Å². The van der Waals surface area contributed by atoms with E-state index in [0.29, 0.717) is 5.56 Å². The summed E-state index contributed by atoms with van der Waals surface area (Å²) in [5.74, 6) is -0.506. The molecule has 2 aromatic carbocycles. The molecule has 120 valence electrons. The Morgan fingerprint density at radius 2 is 1.33 bits per heavy atom. The zero-order valence-corrected chi connectivity index (χ0v) is 11.7. The minimum absolute atomic E-state index is 0.0387. The zero-order chi connectivity index (χ0) is 17.3. The first-order chi connectivity index (χ1) is 11.4. The lowest BCUT2D eigenvalue weighted by Crippen LogP contribution is -1.94. The van der Waals surface area contributed by atoms with E-state index in [9.17, 15) is 24.6 Å². The SMILES string of the molecule is O=[N+]([O-])c1cc(-c2nnc(-c3ccc(F)cc3)o2)cc([N+](=O)[O-])c1. The van der Waals surface area contributed by atoms with Gasteiger partial charge in [-0.3, -0.25) is 20.2 Å². The lowest BCUT2D eigenvalue weighted by molar-refractivity contribution is -0.394. The number of rotatable bonds is 4. The highest BCUT2D eigenvalue weighted by Crippen LogP contribution is 2.30. The summed E-state index contributed by atoms with van der Waals surface area (Å²) < 4.78 is 18.3. The van der Waals surface area contributed by atoms with Crippen LogP contribution in [0.4, 0.5) is 15.8 Å². The summed E-state index contributed by atoms with van der Waals surface area (Å²) in [5, 5.41) is 29.3. The van der Waals surface area contributed by atoms with Crippen LogP contribution in [0, 0.1) is 26.0 Å². The Kier molecular flexibility index (Phi) is 3.70. The Bertz CT molecular complexity index is 906. The third-order valence-electron chi connectivity index (χ3n) is 3.09. The number of hydrogen-bond acceptors (Lipinski definition) is 7. The van der Waals surface area contributed by atoms with Crippen LogP contribution in [0.2, 0.25) is 0 Å². The molecule has 0 aliphatic rings. The van der Waals surface area contributed by atoms with Crippen LogP contribution in [0.1, 0.15) is 0 Å². The molecular weight excluding hydrogens is 323 g/mol. The molecule has 0 fully saturated rings. The Morgan fingerprint density at radius 3 is 1.83 bits per heavy atom. The highest BCUT2D eigenvalue weighted by Gasteiger charge is 2.20. The van der Waals surface area contributed by atoms with Gasteiger partial charge in [-0.15, -0.1) is 10.2 Å². The molecule has 1 aromatic heterocycles. The highest BCUT2D eigenvalue weighted by atomic mass is 19.1. The molecule has 24 heavy (non-hydrogen) atoms. The molecule has 0 unspecified atom stereocenters. The van der Waals surface area contributed by atoms with Crippen molar-refractivity contribution in [1.29, 1.82) is 0 Å². The second-order valence-electron chi connectivity index (χ2n) is 4.67. The molecule has 0 radical (unpaired) electrons. The maximum Gasteiger partial charge on any atom is 0.277 e. The van der Waals surface area contributed by atoms with Gasteiger partial charge in [0.25, 0.3) is 11.4 Å². The fourth-order valence-electron chi connectivity index (χ4n) is 1.98. The molecule has 10 heteroatoms. The van der Waals surface area contributed by atoms with Crippen LogP contribution < -0.4 is 0 Å². The first-order valence-electron chi connectivity index (χ1n) is 6.48. The molecule has 3 rings (SSSR count). The topological polar surface area (TPSA) is 125 Å². The first kappa shape index (κ1) is 15.2. The van der Waals surface area contributed by atoms with Crippen molar-refractivity contribution in [2.24, 2.45) is 0 Å². The van der Waals surface area contributed by atoms with Crippen molar-refractivity contribution >= 4 is 11.4 Å². The molecule has 0 spiro atoms. The standard InChI is InChI=1S/C14H7FN4O5/c15-10-3-1-8(2-4-10)13-16-17-14(24-13)9-5-11(18(20)21)7-12(6-9)19(22)23/h1-7H. The van der Waals surface area contributed by atoms with Gasteiger partial charge in [0.15, 0.2) is 0 Å². The van der Waals surface area contributed by atoms with Crippen molar-refractivity contribution < 1.29 is 18.7 Å². The molecule has 1 heterocycles. The second kappa shape index (κ2) is 5.83. The van der Waals surface area contributed by atoms with Gasteiger partial charge in [0.05, 0.1) is 21.5 Å². The number of nitro groups is 2. The number of nitro benzene ring substituents is 2. The minimum Gasteiger partial charge on any atom is -0.416 e. The van der Waals surface area contributed by atoms with E-state index in [1.165, 1.54) is 24.3 Å². The molecule has 9 nitrogen and oxygen atoms in total. The number of nitrogens with zero attached hydrogens (tertiary/aromatic N) is 4. The lowest BCUT2D eigenvalue weighted by Gasteiger charge is -1.97. The molecule has 0 aliphatic carbocycles. The highest BCUT2D eigenvalue weighted by molar-refractivity contribution is 5.64. The van der Waals surface area contributed by atoms with Crippen molar-refractivity contribution in [3.05, 3.63) is 68.5 Å². The van der Waals surface area contributed by atoms with Gasteiger partial charge in [0.2, 0.25) is 11.8 Å². The van der Waals surface area contributed by atoms with E-state index in [-0.39, 0.29) is 17.3 Å². The van der Waals surface area contributed by atoms with Gasteiger partial charge in [-0.05, 0) is 24.3 Å². The van der Waals surface area contributed by atoms with E-state index in [0.717, 1.165) is 18.2 Å². The quantitative estimate of drug-likeness (QED) is 0.530. The summed E-state index contributed by atoms with van der Waals surface area (Å²) in [6, 6.07) is 8.27. The largest absolute Gasteiger partial charge is 0.416 e. The van der Waals surface area contributed by atoms with Crippen LogP contribution in [-0.4, -0.2) is 20.0 Å². The van der Waals surface area contributed by atoms with Gasteiger partial charge in [0, 0.05) is 17.7 Å². The summed E-state index contributed by atoms with van der Waals surface area (Å²) in [6.07, 6.45) is 0. The summed E-state index contributed by atoms with van der Waals surface area (Å²) >= 11 is 0. The Labute approximate surface area is 132 Å². The minimum atomic E-state index is -0.756. The summed E-state index contributed by atoms with van der Waals surface area (Å²) in [6.45, 7) is 0. The van der Waals surface area contributed by atoms with E-state index in [4.69, 9.17) is 4.42 Å². The van der Waals surface area contributed by atoms with Crippen molar-refractivity contribution in [2.75, 3.05) is 0 Å². The average molecular weight is 330 g/mol. The summed E-state index contributed by atoms with van der Waals surface area (Å²) in [5.41, 5.74) is -0.465. The van der Waals surface area contributed by atoms with Gasteiger partial charge in [-0.1, -0.05) is 0 Å². The van der Waals surface area contributed by atoms with E-state index in [1.54, 1.807) is 0 Å². The third kappa shape index (κ3) is 2.92. The molecule has 0 atom stereocenters. The Hall–Kier alpha value is -3.69. The van der Waals surface area contributed by atoms with E-state index in [1.807, 2.05) is 0 Å². The fourth-order valence-corrected chi connectivity index (χ4v) is 1.98. The van der Waals surface area contributed by atoms with Crippen LogP contribution in [-0.2, 0) is 0 Å². The summed E-state index contributed by atoms with van der Waals surface area (Å²) in [4.78, 5) is 20.3. The maximum atomic E-state index is 12.9. The Morgan fingerprint density at radius 1 is 0.833 bits per heavy atom. The predicted molar refractivity (Wildman–Crippen MR) is 78.4 cm³/mol. The number of halogens is 1.